The van der Waals surface area contributed by atoms with Crippen molar-refractivity contribution in [2.24, 2.45) is 5.92 Å². The molecule has 3 nitrogen and oxygen atoms in total. The van der Waals surface area contributed by atoms with Gasteiger partial charge in [0, 0.05) is 47.5 Å². The van der Waals surface area contributed by atoms with E-state index in [1.54, 1.807) is 0 Å². The zero-order valence-electron chi connectivity index (χ0n) is 36.1. The molecule has 0 spiro atoms. The first-order chi connectivity index (χ1) is 27.1. The monoisotopic (exact) mass is 749 g/mol. The van der Waals surface area contributed by atoms with Crippen molar-refractivity contribution in [1.29, 1.82) is 0 Å². The number of unbranched alkanes of at least 4 members (excludes halogenated alkanes) is 6. The molecule has 0 bridgehead atoms. The lowest BCUT2D eigenvalue weighted by molar-refractivity contribution is -0.438. The quantitative estimate of drug-likeness (QED) is 0.0537. The predicted molar refractivity (Wildman–Crippen MR) is 246 cm³/mol. The van der Waals surface area contributed by atoms with Gasteiger partial charge in [-0.15, -0.1) is 0 Å². The third-order valence-corrected chi connectivity index (χ3v) is 12.7. The van der Waals surface area contributed by atoms with E-state index in [9.17, 15) is 0 Å². The Morgan fingerprint density at radius 2 is 1.29 bits per heavy atom. The van der Waals surface area contributed by atoms with Crippen molar-refractivity contribution in [1.82, 2.24) is 4.90 Å². The first-order valence-electron chi connectivity index (χ1n) is 21.9. The van der Waals surface area contributed by atoms with Gasteiger partial charge in [0.05, 0.1) is 5.41 Å². The Hall–Kier alpha value is -4.21. The summed E-state index contributed by atoms with van der Waals surface area (Å²) in [6, 6.07) is 27.2. The Kier molecular flexibility index (Phi) is 13.9. The maximum atomic E-state index is 2.63. The number of nitrogens with zero attached hydrogens (tertiary/aromatic N) is 3. The minimum absolute atomic E-state index is 0.0829. The molecule has 1 unspecified atom stereocenters. The van der Waals surface area contributed by atoms with Crippen molar-refractivity contribution in [3.63, 3.8) is 0 Å². The van der Waals surface area contributed by atoms with Crippen molar-refractivity contribution < 1.29 is 4.58 Å². The zero-order chi connectivity index (χ0) is 39.7. The highest BCUT2D eigenvalue weighted by molar-refractivity contribution is 6.07. The van der Waals surface area contributed by atoms with Crippen molar-refractivity contribution in [3.05, 3.63) is 132 Å². The molecule has 6 rings (SSSR count). The highest BCUT2D eigenvalue weighted by Gasteiger charge is 2.45. The molecule has 0 saturated heterocycles. The molecule has 2 aliphatic heterocycles. The minimum atomic E-state index is -0.0870. The Morgan fingerprint density at radius 1 is 0.661 bits per heavy atom. The minimum Gasteiger partial charge on any atom is -0.344 e. The van der Waals surface area contributed by atoms with Gasteiger partial charge in [-0.2, -0.15) is 4.58 Å². The third kappa shape index (κ3) is 9.15. The van der Waals surface area contributed by atoms with E-state index < -0.39 is 0 Å². The van der Waals surface area contributed by atoms with Gasteiger partial charge in [-0.25, -0.2) is 0 Å². The molecular weight excluding hydrogens is 679 g/mol. The summed E-state index contributed by atoms with van der Waals surface area (Å²) in [4.78, 5) is 4.91. The van der Waals surface area contributed by atoms with Gasteiger partial charge in [0.25, 0.3) is 0 Å². The van der Waals surface area contributed by atoms with Gasteiger partial charge in [-0.1, -0.05) is 151 Å². The van der Waals surface area contributed by atoms with E-state index in [0.717, 1.165) is 19.0 Å². The summed E-state index contributed by atoms with van der Waals surface area (Å²) in [5, 5.41) is 5.41. The molecule has 296 valence electrons. The first-order valence-corrected chi connectivity index (χ1v) is 21.9. The van der Waals surface area contributed by atoms with Gasteiger partial charge in [0.1, 0.15) is 6.54 Å². The summed E-state index contributed by atoms with van der Waals surface area (Å²) < 4.78 is 2.63. The van der Waals surface area contributed by atoms with Crippen LogP contribution in [0.25, 0.3) is 21.5 Å². The number of rotatable bonds is 19. The van der Waals surface area contributed by atoms with Crippen LogP contribution < -0.4 is 4.90 Å². The van der Waals surface area contributed by atoms with E-state index in [0.29, 0.717) is 0 Å². The second-order valence-corrected chi connectivity index (χ2v) is 17.9. The number of allylic oxidation sites excluding steroid dienone is 8. The van der Waals surface area contributed by atoms with Crippen molar-refractivity contribution in [2.75, 3.05) is 38.6 Å². The second kappa shape index (κ2) is 18.8. The molecule has 56 heavy (non-hydrogen) atoms. The number of fused-ring (bicyclic) bond motifs is 6. The fourth-order valence-corrected chi connectivity index (χ4v) is 9.41. The van der Waals surface area contributed by atoms with Gasteiger partial charge in [-0.3, -0.25) is 0 Å². The Balaban J connectivity index is 1.20. The summed E-state index contributed by atoms with van der Waals surface area (Å²) in [6.45, 7) is 17.6. The van der Waals surface area contributed by atoms with Crippen LogP contribution in [0.1, 0.15) is 117 Å². The van der Waals surface area contributed by atoms with E-state index in [1.807, 2.05) is 0 Å². The molecule has 0 N–H and O–H groups in total. The first kappa shape index (κ1) is 41.4. The van der Waals surface area contributed by atoms with E-state index in [1.165, 1.54) is 126 Å². The van der Waals surface area contributed by atoms with Gasteiger partial charge in [0.2, 0.25) is 5.69 Å². The third-order valence-electron chi connectivity index (χ3n) is 12.7. The van der Waals surface area contributed by atoms with Crippen molar-refractivity contribution in [3.8, 4) is 0 Å². The van der Waals surface area contributed by atoms with Crippen LogP contribution in [-0.2, 0) is 10.8 Å². The van der Waals surface area contributed by atoms with Gasteiger partial charge >= 0.3 is 0 Å². The lowest BCUT2D eigenvalue weighted by atomic mass is 9.79. The molecule has 0 aliphatic carbocycles. The van der Waals surface area contributed by atoms with Gasteiger partial charge < -0.3 is 9.80 Å². The van der Waals surface area contributed by atoms with Crippen LogP contribution in [-0.4, -0.2) is 48.9 Å². The highest BCUT2D eigenvalue weighted by atomic mass is 15.2. The van der Waals surface area contributed by atoms with E-state index in [4.69, 9.17) is 0 Å². The molecule has 1 atom stereocenters. The second-order valence-electron chi connectivity index (χ2n) is 17.9. The average Bonchev–Trinajstić information content (AvgIpc) is 3.54. The van der Waals surface area contributed by atoms with Crippen LogP contribution >= 0.6 is 0 Å². The van der Waals surface area contributed by atoms with Crippen molar-refractivity contribution >= 4 is 38.6 Å². The average molecular weight is 749 g/mol. The molecular formula is C53H70N3+. The summed E-state index contributed by atoms with van der Waals surface area (Å²) in [5.41, 5.74) is 8.30. The van der Waals surface area contributed by atoms with E-state index >= 15 is 0 Å². The fraction of sp³-hybridized carbons (Fsp3) is 0.453. The summed E-state index contributed by atoms with van der Waals surface area (Å²) in [5.74, 6) is 0.847. The Morgan fingerprint density at radius 3 is 2.02 bits per heavy atom. The molecule has 0 aromatic heterocycles. The SMILES string of the molecule is CCC(C)CCCCCC[N+]1=C(/C=C/C=C/C=C/C=C2/N(CCCCCCN(C)C)c3ccc4ccccc4c3C2(C)C)C(C)(C)c2c1ccc1ccccc21. The number of anilines is 1. The maximum absolute atomic E-state index is 2.63. The molecule has 2 aliphatic rings. The summed E-state index contributed by atoms with van der Waals surface area (Å²) >= 11 is 0. The van der Waals surface area contributed by atoms with E-state index in [2.05, 4.69) is 185 Å². The van der Waals surface area contributed by atoms with Crippen LogP contribution in [0, 0.1) is 5.92 Å². The number of benzene rings is 4. The van der Waals surface area contributed by atoms with Crippen LogP contribution in [0.3, 0.4) is 0 Å². The Labute approximate surface area is 340 Å². The number of hydrogen-bond donors (Lipinski definition) is 0. The van der Waals surface area contributed by atoms with Crippen LogP contribution in [0.15, 0.2) is 121 Å². The highest BCUT2D eigenvalue weighted by Crippen LogP contribution is 2.51. The molecule has 2 heterocycles. The van der Waals surface area contributed by atoms with Crippen LogP contribution in [0.4, 0.5) is 11.4 Å². The molecule has 3 heteroatoms. The lowest BCUT2D eigenvalue weighted by Crippen LogP contribution is -2.28. The normalized spacial score (nSPS) is 17.6. The molecule has 4 aromatic carbocycles. The van der Waals surface area contributed by atoms with Gasteiger partial charge in [-0.05, 0) is 105 Å². The van der Waals surface area contributed by atoms with Crippen molar-refractivity contribution in [2.45, 2.75) is 117 Å². The molecule has 4 aromatic rings. The standard InChI is InChI=1S/C53H70N3/c1-9-41(2)27-17-13-14-25-39-55-46-36-34-42-28-20-22-30-44(42)50(46)52(3,4)48(55)32-18-11-10-12-19-33-49-53(5,6)51-45-31-23-21-29-43(45)35-37-47(51)56(49)40-26-16-15-24-38-54(7)8/h10-12,18-23,28-37,41H,9,13-17,24-27,38-40H2,1-8H3/q+1. The topological polar surface area (TPSA) is 9.49 Å². The largest absolute Gasteiger partial charge is 0.344 e. The number of hydrogen-bond acceptors (Lipinski definition) is 2. The smallest absolute Gasteiger partial charge is 0.210 e. The molecule has 0 fully saturated rings. The van der Waals surface area contributed by atoms with Crippen LogP contribution in [0.5, 0.6) is 0 Å². The van der Waals surface area contributed by atoms with Crippen LogP contribution in [0.2, 0.25) is 0 Å². The summed E-state index contributed by atoms with van der Waals surface area (Å²) in [6.07, 6.45) is 28.7. The summed E-state index contributed by atoms with van der Waals surface area (Å²) in [7, 11) is 4.35. The lowest BCUT2D eigenvalue weighted by Gasteiger charge is -2.27. The molecule has 0 saturated carbocycles. The van der Waals surface area contributed by atoms with E-state index in [-0.39, 0.29) is 10.8 Å². The predicted octanol–water partition coefficient (Wildman–Crippen LogP) is 13.8. The molecule has 0 radical (unpaired) electrons. The zero-order valence-corrected chi connectivity index (χ0v) is 36.1. The Bertz CT molecular complexity index is 2100. The van der Waals surface area contributed by atoms with Gasteiger partial charge in [0.15, 0.2) is 5.71 Å². The molecule has 0 amide bonds. The maximum Gasteiger partial charge on any atom is 0.210 e. The fourth-order valence-electron chi connectivity index (χ4n) is 9.41.